The van der Waals surface area contributed by atoms with Crippen LogP contribution in [0.3, 0.4) is 0 Å². The fourth-order valence-electron chi connectivity index (χ4n) is 4.44. The first-order chi connectivity index (χ1) is 13.1. The zero-order valence-electron chi connectivity index (χ0n) is 16.1. The molecule has 2 aromatic rings. The molecule has 0 bridgehead atoms. The summed E-state index contributed by atoms with van der Waals surface area (Å²) in [4.78, 5) is 19.7. The standard InChI is InChI=1S/C21H30N4O2/c1-22-8-10-23(11-9-22)12-18-13-25(14-19(18)16-26)21(27)15-24-7-6-17-4-2-3-5-20(17)24/h2-7,18-19,26H,8-16H2,1H3/t18-,19-/m1/s1. The van der Waals surface area contributed by atoms with E-state index in [4.69, 9.17) is 0 Å². The van der Waals surface area contributed by atoms with Gasteiger partial charge in [0.25, 0.3) is 0 Å². The molecule has 2 saturated heterocycles. The smallest absolute Gasteiger partial charge is 0.242 e. The Bertz CT molecular complexity index is 781. The normalized spacial score (nSPS) is 24.7. The largest absolute Gasteiger partial charge is 0.396 e. The van der Waals surface area contributed by atoms with E-state index in [1.807, 2.05) is 27.8 Å². The first kappa shape index (κ1) is 18.5. The molecular formula is C21H30N4O2. The second-order valence-electron chi connectivity index (χ2n) is 8.11. The third-order valence-corrected chi connectivity index (χ3v) is 6.24. The highest BCUT2D eigenvalue weighted by molar-refractivity contribution is 5.83. The predicted molar refractivity (Wildman–Crippen MR) is 107 cm³/mol. The molecule has 146 valence electrons. The van der Waals surface area contributed by atoms with Gasteiger partial charge < -0.3 is 24.4 Å². The Labute approximate surface area is 161 Å². The van der Waals surface area contributed by atoms with Gasteiger partial charge in [0, 0.05) is 70.1 Å². The minimum atomic E-state index is 0.149. The van der Waals surface area contributed by atoms with E-state index in [1.54, 1.807) is 0 Å². The molecule has 0 aliphatic carbocycles. The number of likely N-dealkylation sites (N-methyl/N-ethyl adjacent to an activating group) is 1. The molecule has 1 amide bonds. The van der Waals surface area contributed by atoms with E-state index in [0.29, 0.717) is 19.0 Å². The lowest BCUT2D eigenvalue weighted by Crippen LogP contribution is -2.47. The number of carbonyl (C=O) groups is 1. The summed E-state index contributed by atoms with van der Waals surface area (Å²) < 4.78 is 2.03. The molecule has 0 saturated carbocycles. The minimum Gasteiger partial charge on any atom is -0.396 e. The van der Waals surface area contributed by atoms with Gasteiger partial charge in [0.2, 0.25) is 5.91 Å². The number of aliphatic hydroxyl groups excluding tert-OH is 1. The number of amides is 1. The Kier molecular flexibility index (Phi) is 5.48. The number of carbonyl (C=O) groups excluding carboxylic acids is 1. The van der Waals surface area contributed by atoms with Crippen molar-refractivity contribution in [2.24, 2.45) is 11.8 Å². The summed E-state index contributed by atoms with van der Waals surface area (Å²) in [7, 11) is 2.16. The monoisotopic (exact) mass is 370 g/mol. The van der Waals surface area contributed by atoms with Crippen molar-refractivity contribution in [2.45, 2.75) is 6.54 Å². The number of likely N-dealkylation sites (tertiary alicyclic amines) is 1. The number of hydrogen-bond acceptors (Lipinski definition) is 4. The summed E-state index contributed by atoms with van der Waals surface area (Å²) in [6.45, 7) is 7.29. The first-order valence-electron chi connectivity index (χ1n) is 9.97. The minimum absolute atomic E-state index is 0.149. The molecule has 1 aromatic heterocycles. The summed E-state index contributed by atoms with van der Waals surface area (Å²) in [5, 5.41) is 11.0. The lowest BCUT2D eigenvalue weighted by Gasteiger charge is -2.34. The summed E-state index contributed by atoms with van der Waals surface area (Å²) >= 11 is 0. The SMILES string of the molecule is CN1CCN(C[C@@H]2CN(C(=O)Cn3ccc4ccccc43)C[C@@H]2CO)CC1. The molecule has 4 rings (SSSR count). The van der Waals surface area contributed by atoms with E-state index in [2.05, 4.69) is 35.0 Å². The molecule has 2 atom stereocenters. The number of nitrogens with zero attached hydrogens (tertiary/aromatic N) is 4. The molecule has 0 unspecified atom stereocenters. The number of aromatic nitrogens is 1. The van der Waals surface area contributed by atoms with Crippen LogP contribution in [0.2, 0.25) is 0 Å². The highest BCUT2D eigenvalue weighted by atomic mass is 16.3. The van der Waals surface area contributed by atoms with Crippen LogP contribution in [-0.4, -0.2) is 89.7 Å². The number of aliphatic hydroxyl groups is 1. The van der Waals surface area contributed by atoms with Gasteiger partial charge >= 0.3 is 0 Å². The Hall–Kier alpha value is -1.89. The Morgan fingerprint density at radius 2 is 1.81 bits per heavy atom. The van der Waals surface area contributed by atoms with Crippen LogP contribution < -0.4 is 0 Å². The van der Waals surface area contributed by atoms with Gasteiger partial charge in [-0.05, 0) is 30.5 Å². The second-order valence-corrected chi connectivity index (χ2v) is 8.11. The van der Waals surface area contributed by atoms with Crippen molar-refractivity contribution in [3.8, 4) is 0 Å². The molecule has 2 fully saturated rings. The maximum atomic E-state index is 12.9. The predicted octanol–water partition coefficient (Wildman–Crippen LogP) is 0.956. The number of para-hydroxylation sites is 1. The summed E-state index contributed by atoms with van der Waals surface area (Å²) in [6.07, 6.45) is 1.99. The van der Waals surface area contributed by atoms with Crippen LogP contribution in [0.5, 0.6) is 0 Å². The molecule has 6 heteroatoms. The zero-order chi connectivity index (χ0) is 18.8. The average Bonchev–Trinajstić information content (AvgIpc) is 3.28. The van der Waals surface area contributed by atoms with Crippen molar-refractivity contribution < 1.29 is 9.90 Å². The van der Waals surface area contributed by atoms with E-state index < -0.39 is 0 Å². The molecule has 2 aliphatic rings. The number of benzene rings is 1. The van der Waals surface area contributed by atoms with Gasteiger partial charge in [0.15, 0.2) is 0 Å². The van der Waals surface area contributed by atoms with Crippen LogP contribution in [0.4, 0.5) is 0 Å². The van der Waals surface area contributed by atoms with Gasteiger partial charge in [-0.3, -0.25) is 4.79 Å². The van der Waals surface area contributed by atoms with Crippen LogP contribution in [0.1, 0.15) is 0 Å². The van der Waals surface area contributed by atoms with Crippen molar-refractivity contribution in [2.75, 3.05) is 59.5 Å². The average molecular weight is 370 g/mol. The highest BCUT2D eigenvalue weighted by Gasteiger charge is 2.36. The van der Waals surface area contributed by atoms with Crippen LogP contribution in [0, 0.1) is 11.8 Å². The molecule has 1 aromatic carbocycles. The fourth-order valence-corrected chi connectivity index (χ4v) is 4.44. The number of hydrogen-bond donors (Lipinski definition) is 1. The van der Waals surface area contributed by atoms with Gasteiger partial charge in [0.1, 0.15) is 6.54 Å². The van der Waals surface area contributed by atoms with E-state index >= 15 is 0 Å². The third-order valence-electron chi connectivity index (χ3n) is 6.24. The van der Waals surface area contributed by atoms with Gasteiger partial charge in [0.05, 0.1) is 0 Å². The molecular weight excluding hydrogens is 340 g/mol. The Morgan fingerprint density at radius 1 is 1.07 bits per heavy atom. The molecule has 1 N–H and O–H groups in total. The Balaban J connectivity index is 1.38. The van der Waals surface area contributed by atoms with Crippen molar-refractivity contribution in [1.82, 2.24) is 19.3 Å². The molecule has 27 heavy (non-hydrogen) atoms. The van der Waals surface area contributed by atoms with E-state index in [0.717, 1.165) is 50.2 Å². The topological polar surface area (TPSA) is 52.0 Å². The zero-order valence-corrected chi connectivity index (χ0v) is 16.1. The van der Waals surface area contributed by atoms with Gasteiger partial charge in [-0.15, -0.1) is 0 Å². The first-order valence-corrected chi connectivity index (χ1v) is 9.97. The lowest BCUT2D eigenvalue weighted by molar-refractivity contribution is -0.131. The molecule has 0 radical (unpaired) electrons. The Morgan fingerprint density at radius 3 is 2.59 bits per heavy atom. The summed E-state index contributed by atoms with van der Waals surface area (Å²) in [5.41, 5.74) is 1.10. The second kappa shape index (κ2) is 8.00. The third kappa shape index (κ3) is 4.03. The van der Waals surface area contributed by atoms with E-state index in [1.165, 1.54) is 0 Å². The number of piperazine rings is 1. The maximum absolute atomic E-state index is 12.9. The summed E-state index contributed by atoms with van der Waals surface area (Å²) in [5.74, 6) is 0.703. The van der Waals surface area contributed by atoms with E-state index in [9.17, 15) is 9.90 Å². The van der Waals surface area contributed by atoms with Crippen molar-refractivity contribution >= 4 is 16.8 Å². The van der Waals surface area contributed by atoms with Crippen LogP contribution in [0.25, 0.3) is 10.9 Å². The van der Waals surface area contributed by atoms with Crippen LogP contribution in [0.15, 0.2) is 36.5 Å². The van der Waals surface area contributed by atoms with Crippen molar-refractivity contribution in [1.29, 1.82) is 0 Å². The molecule has 0 spiro atoms. The van der Waals surface area contributed by atoms with Gasteiger partial charge in [-0.2, -0.15) is 0 Å². The van der Waals surface area contributed by atoms with Gasteiger partial charge in [-0.1, -0.05) is 18.2 Å². The summed E-state index contributed by atoms with van der Waals surface area (Å²) in [6, 6.07) is 10.2. The van der Waals surface area contributed by atoms with Crippen LogP contribution in [-0.2, 0) is 11.3 Å². The van der Waals surface area contributed by atoms with Gasteiger partial charge in [-0.25, -0.2) is 0 Å². The fraction of sp³-hybridized carbons (Fsp3) is 0.571. The number of rotatable bonds is 5. The maximum Gasteiger partial charge on any atom is 0.242 e. The lowest BCUT2D eigenvalue weighted by atomic mass is 9.96. The highest BCUT2D eigenvalue weighted by Crippen LogP contribution is 2.25. The molecule has 6 nitrogen and oxygen atoms in total. The number of fused-ring (bicyclic) bond motifs is 1. The van der Waals surface area contributed by atoms with Crippen molar-refractivity contribution in [3.63, 3.8) is 0 Å². The molecule has 3 heterocycles. The van der Waals surface area contributed by atoms with Crippen LogP contribution >= 0.6 is 0 Å². The van der Waals surface area contributed by atoms with E-state index in [-0.39, 0.29) is 18.4 Å². The van der Waals surface area contributed by atoms with Crippen molar-refractivity contribution in [3.05, 3.63) is 36.5 Å². The molecule has 2 aliphatic heterocycles. The quantitative estimate of drug-likeness (QED) is 0.852.